The van der Waals surface area contributed by atoms with Crippen molar-refractivity contribution in [2.75, 3.05) is 0 Å². The summed E-state index contributed by atoms with van der Waals surface area (Å²) < 4.78 is 19.9. The number of hydrogen-bond acceptors (Lipinski definition) is 3. The van der Waals surface area contributed by atoms with Crippen molar-refractivity contribution in [3.63, 3.8) is 0 Å². The molecule has 2 aromatic rings. The Kier molecular flexibility index (Phi) is 3.37. The molecule has 0 saturated carbocycles. The molecule has 1 N–H and O–H groups in total. The molecule has 1 aliphatic rings. The van der Waals surface area contributed by atoms with Gasteiger partial charge in [0, 0.05) is 10.6 Å². The molecule has 0 aromatic heterocycles. The quantitative estimate of drug-likeness (QED) is 0.864. The van der Waals surface area contributed by atoms with E-state index in [1.165, 1.54) is 0 Å². The van der Waals surface area contributed by atoms with Gasteiger partial charge in [-0.05, 0) is 51.0 Å². The van der Waals surface area contributed by atoms with Gasteiger partial charge in [-0.25, -0.2) is 0 Å². The van der Waals surface area contributed by atoms with Gasteiger partial charge in [-0.2, -0.15) is 0 Å². The van der Waals surface area contributed by atoms with Gasteiger partial charge in [-0.15, -0.1) is 0 Å². The summed E-state index contributed by atoms with van der Waals surface area (Å²) >= 11 is 0. The first-order valence-corrected chi connectivity index (χ1v) is 9.02. The third-order valence-corrected chi connectivity index (χ3v) is 6.87. The van der Waals surface area contributed by atoms with Crippen LogP contribution in [0.25, 0.3) is 0 Å². The van der Waals surface area contributed by atoms with Gasteiger partial charge in [0.25, 0.3) is 7.37 Å². The van der Waals surface area contributed by atoms with Gasteiger partial charge in [0.2, 0.25) is 0 Å². The van der Waals surface area contributed by atoms with E-state index in [0.29, 0.717) is 10.9 Å². The number of hydrogen-bond donors (Lipinski definition) is 1. The highest BCUT2D eigenvalue weighted by Gasteiger charge is 2.48. The second-order valence-electron chi connectivity index (χ2n) is 6.75. The van der Waals surface area contributed by atoms with Crippen LogP contribution in [0.1, 0.15) is 38.8 Å². The van der Waals surface area contributed by atoms with E-state index >= 15 is 0 Å². The van der Waals surface area contributed by atoms with E-state index in [1.54, 1.807) is 19.9 Å². The average Bonchev–Trinajstić information content (AvgIpc) is 2.67. The van der Waals surface area contributed by atoms with E-state index in [9.17, 15) is 9.67 Å². The van der Waals surface area contributed by atoms with Crippen molar-refractivity contribution in [3.8, 4) is 0 Å². The van der Waals surface area contributed by atoms with Crippen molar-refractivity contribution in [1.82, 2.24) is 0 Å². The average molecular weight is 316 g/mol. The molecular weight excluding hydrogens is 295 g/mol. The van der Waals surface area contributed by atoms with Crippen molar-refractivity contribution in [2.24, 2.45) is 0 Å². The zero-order valence-electron chi connectivity index (χ0n) is 13.3. The monoisotopic (exact) mass is 316 g/mol. The highest BCUT2D eigenvalue weighted by atomic mass is 31.2. The Morgan fingerprint density at radius 1 is 1.00 bits per heavy atom. The van der Waals surface area contributed by atoms with E-state index in [-0.39, 0.29) is 0 Å². The summed E-state index contributed by atoms with van der Waals surface area (Å²) in [6, 6.07) is 14.9. The Hall–Kier alpha value is -1.41. The Balaban J connectivity index is 2.29. The van der Waals surface area contributed by atoms with Crippen molar-refractivity contribution >= 4 is 18.0 Å². The molecule has 0 amide bonds. The van der Waals surface area contributed by atoms with Gasteiger partial charge < -0.3 is 9.63 Å². The SMILES string of the molecule is CC(C)(O)c1ccccc1P1(=O)OC(C)(C)c2ccccc21. The number of fused-ring (bicyclic) bond motifs is 1. The first kappa shape index (κ1) is 15.5. The molecule has 4 heteroatoms. The smallest absolute Gasteiger partial charge is 0.262 e. The van der Waals surface area contributed by atoms with Crippen LogP contribution in [0.15, 0.2) is 48.5 Å². The first-order chi connectivity index (χ1) is 10.2. The predicted octanol–water partition coefficient (Wildman–Crippen LogP) is 3.41. The molecule has 0 aliphatic carbocycles. The van der Waals surface area contributed by atoms with Gasteiger partial charge in [0.05, 0.1) is 11.2 Å². The third kappa shape index (κ3) is 2.25. The maximum atomic E-state index is 13.8. The fraction of sp³-hybridized carbons (Fsp3) is 0.333. The molecule has 0 spiro atoms. The minimum absolute atomic E-state index is 0.584. The van der Waals surface area contributed by atoms with Crippen LogP contribution < -0.4 is 10.6 Å². The molecule has 22 heavy (non-hydrogen) atoms. The Bertz CT molecular complexity index is 772. The standard InChI is InChI=1S/C18H21O3P/c1-17(2,19)13-9-5-7-11-15(13)22(20)16-12-8-6-10-14(16)18(3,4)21-22/h5-12,19H,1-4H3. The lowest BCUT2D eigenvalue weighted by molar-refractivity contribution is 0.0791. The highest BCUT2D eigenvalue weighted by Crippen LogP contribution is 2.58. The summed E-state index contributed by atoms with van der Waals surface area (Å²) in [6.07, 6.45) is 0. The van der Waals surface area contributed by atoms with Crippen LogP contribution in [-0.2, 0) is 20.3 Å². The Morgan fingerprint density at radius 3 is 2.18 bits per heavy atom. The molecule has 0 radical (unpaired) electrons. The van der Waals surface area contributed by atoms with E-state index in [1.807, 2.05) is 56.3 Å². The predicted molar refractivity (Wildman–Crippen MR) is 89.1 cm³/mol. The maximum absolute atomic E-state index is 13.8. The summed E-state index contributed by atoms with van der Waals surface area (Å²) in [6.45, 7) is 7.26. The van der Waals surface area contributed by atoms with Crippen molar-refractivity contribution in [3.05, 3.63) is 59.7 Å². The lowest BCUT2D eigenvalue weighted by atomic mass is 9.98. The molecule has 1 atom stereocenters. The van der Waals surface area contributed by atoms with Crippen LogP contribution >= 0.6 is 7.37 Å². The van der Waals surface area contributed by atoms with Crippen LogP contribution in [-0.4, -0.2) is 5.11 Å². The number of benzene rings is 2. The highest BCUT2D eigenvalue weighted by molar-refractivity contribution is 7.74. The lowest BCUT2D eigenvalue weighted by Gasteiger charge is -2.26. The van der Waals surface area contributed by atoms with Gasteiger partial charge in [-0.3, -0.25) is 4.57 Å². The van der Waals surface area contributed by atoms with Crippen LogP contribution in [0.4, 0.5) is 0 Å². The summed E-state index contributed by atoms with van der Waals surface area (Å²) in [4.78, 5) is 0. The van der Waals surface area contributed by atoms with Gasteiger partial charge >= 0.3 is 0 Å². The molecule has 3 nitrogen and oxygen atoms in total. The fourth-order valence-corrected chi connectivity index (χ4v) is 6.17. The van der Waals surface area contributed by atoms with Crippen LogP contribution in [0.5, 0.6) is 0 Å². The zero-order chi connectivity index (χ0) is 16.2. The maximum Gasteiger partial charge on any atom is 0.262 e. The van der Waals surface area contributed by atoms with Crippen LogP contribution in [0, 0.1) is 0 Å². The van der Waals surface area contributed by atoms with Gasteiger partial charge in [0.15, 0.2) is 0 Å². The Labute approximate surface area is 131 Å². The molecular formula is C18H21O3P. The molecule has 3 rings (SSSR count). The van der Waals surface area contributed by atoms with E-state index < -0.39 is 18.6 Å². The summed E-state index contributed by atoms with van der Waals surface area (Å²) in [5, 5.41) is 11.8. The molecule has 1 unspecified atom stereocenters. The molecule has 0 saturated heterocycles. The molecule has 116 valence electrons. The second kappa shape index (κ2) is 4.79. The molecule has 1 aliphatic heterocycles. The first-order valence-electron chi connectivity index (χ1n) is 7.39. The van der Waals surface area contributed by atoms with Crippen molar-refractivity contribution in [1.29, 1.82) is 0 Å². The van der Waals surface area contributed by atoms with E-state index in [0.717, 1.165) is 10.9 Å². The largest absolute Gasteiger partial charge is 0.386 e. The lowest BCUT2D eigenvalue weighted by Crippen LogP contribution is -2.27. The summed E-state index contributed by atoms with van der Waals surface area (Å²) in [5.41, 5.74) is -0.104. The fourth-order valence-electron chi connectivity index (χ4n) is 3.09. The molecule has 0 bridgehead atoms. The van der Waals surface area contributed by atoms with Crippen LogP contribution in [0.2, 0.25) is 0 Å². The zero-order valence-corrected chi connectivity index (χ0v) is 14.2. The van der Waals surface area contributed by atoms with Gasteiger partial charge in [-0.1, -0.05) is 36.4 Å². The molecule has 1 heterocycles. The van der Waals surface area contributed by atoms with Crippen LogP contribution in [0.3, 0.4) is 0 Å². The molecule has 0 fully saturated rings. The van der Waals surface area contributed by atoms with E-state index in [4.69, 9.17) is 4.52 Å². The van der Waals surface area contributed by atoms with Gasteiger partial charge in [0.1, 0.15) is 0 Å². The Morgan fingerprint density at radius 2 is 1.55 bits per heavy atom. The van der Waals surface area contributed by atoms with Crippen molar-refractivity contribution in [2.45, 2.75) is 38.9 Å². The second-order valence-corrected chi connectivity index (χ2v) is 9.00. The molecule has 2 aromatic carbocycles. The number of rotatable bonds is 2. The van der Waals surface area contributed by atoms with Crippen molar-refractivity contribution < 1.29 is 14.2 Å². The number of aliphatic hydroxyl groups is 1. The topological polar surface area (TPSA) is 46.5 Å². The minimum Gasteiger partial charge on any atom is -0.386 e. The normalized spacial score (nSPS) is 23.3. The van der Waals surface area contributed by atoms with E-state index in [2.05, 4.69) is 0 Å². The summed E-state index contributed by atoms with van der Waals surface area (Å²) in [7, 11) is -3.23. The minimum atomic E-state index is -3.23. The third-order valence-electron chi connectivity index (χ3n) is 4.11. The summed E-state index contributed by atoms with van der Waals surface area (Å²) in [5.74, 6) is 0.